The Labute approximate surface area is 163 Å². The van der Waals surface area contributed by atoms with Gasteiger partial charge in [-0.25, -0.2) is 9.97 Å². The van der Waals surface area contributed by atoms with Gasteiger partial charge in [-0.2, -0.15) is 0 Å². The first-order valence-electron chi connectivity index (χ1n) is 9.37. The summed E-state index contributed by atoms with van der Waals surface area (Å²) in [6.07, 6.45) is 5.26. The minimum Gasteiger partial charge on any atom is -0.496 e. The summed E-state index contributed by atoms with van der Waals surface area (Å²) in [7, 11) is 3.87. The van der Waals surface area contributed by atoms with Crippen LogP contribution >= 0.6 is 0 Å². The Balaban J connectivity index is 1.66. The van der Waals surface area contributed by atoms with Gasteiger partial charge in [0.25, 0.3) is 0 Å². The third-order valence-corrected chi connectivity index (χ3v) is 5.49. The summed E-state index contributed by atoms with van der Waals surface area (Å²) in [4.78, 5) is 11.2. The van der Waals surface area contributed by atoms with Crippen molar-refractivity contribution < 1.29 is 9.15 Å². The fourth-order valence-corrected chi connectivity index (χ4v) is 4.20. The van der Waals surface area contributed by atoms with Crippen molar-refractivity contribution in [1.82, 2.24) is 14.9 Å². The zero-order valence-corrected chi connectivity index (χ0v) is 15.9. The molecule has 0 N–H and O–H groups in total. The quantitative estimate of drug-likeness (QED) is 0.532. The average molecular weight is 371 g/mol. The maximum absolute atomic E-state index is 5.86. The standard InChI is InChI=1S/C23H21N3O2/c1-26-13-19(16-5-4-15-8-11-28-21(15)12-16)17-6-7-18(22(27-2)20(17)14-26)23-24-9-3-10-25-23/h3-12,19H,13-14H2,1-2H3. The molecule has 0 aliphatic carbocycles. The molecule has 28 heavy (non-hydrogen) atoms. The molecule has 0 spiro atoms. The van der Waals surface area contributed by atoms with Crippen LogP contribution in [0.3, 0.4) is 0 Å². The number of likely N-dealkylation sites (N-methyl/N-ethyl adjacent to an activating group) is 1. The van der Waals surface area contributed by atoms with E-state index in [-0.39, 0.29) is 5.92 Å². The van der Waals surface area contributed by atoms with Crippen LogP contribution in [0, 0.1) is 0 Å². The number of nitrogens with zero attached hydrogens (tertiary/aromatic N) is 3. The van der Waals surface area contributed by atoms with Gasteiger partial charge in [0.1, 0.15) is 11.3 Å². The number of methoxy groups -OCH3 is 1. The van der Waals surface area contributed by atoms with Crippen LogP contribution in [0.25, 0.3) is 22.4 Å². The molecule has 2 aromatic heterocycles. The molecule has 2 aromatic carbocycles. The van der Waals surface area contributed by atoms with Crippen molar-refractivity contribution in [2.24, 2.45) is 0 Å². The Kier molecular flexibility index (Phi) is 4.10. The van der Waals surface area contributed by atoms with Gasteiger partial charge in [-0.3, -0.25) is 0 Å². The summed E-state index contributed by atoms with van der Waals surface area (Å²) in [5.41, 5.74) is 5.60. The molecule has 4 aromatic rings. The number of hydrogen-bond donors (Lipinski definition) is 0. The molecule has 0 saturated heterocycles. The Bertz CT molecular complexity index is 1140. The molecule has 1 aliphatic heterocycles. The van der Waals surface area contributed by atoms with Gasteiger partial charge in [-0.1, -0.05) is 18.2 Å². The minimum atomic E-state index is 0.253. The summed E-state index contributed by atoms with van der Waals surface area (Å²) < 4.78 is 11.5. The van der Waals surface area contributed by atoms with Crippen molar-refractivity contribution in [2.45, 2.75) is 12.5 Å². The van der Waals surface area contributed by atoms with Gasteiger partial charge in [0, 0.05) is 42.4 Å². The molecule has 0 saturated carbocycles. The Morgan fingerprint density at radius 1 is 1.11 bits per heavy atom. The highest BCUT2D eigenvalue weighted by Gasteiger charge is 2.29. The van der Waals surface area contributed by atoms with E-state index in [1.807, 2.05) is 12.1 Å². The van der Waals surface area contributed by atoms with Crippen molar-refractivity contribution in [3.8, 4) is 17.1 Å². The van der Waals surface area contributed by atoms with Crippen LogP contribution in [0.15, 0.2) is 65.5 Å². The van der Waals surface area contributed by atoms with Gasteiger partial charge in [-0.05, 0) is 42.4 Å². The molecule has 3 heterocycles. The number of benzene rings is 2. The van der Waals surface area contributed by atoms with Crippen molar-refractivity contribution in [1.29, 1.82) is 0 Å². The van der Waals surface area contributed by atoms with Gasteiger partial charge < -0.3 is 14.1 Å². The van der Waals surface area contributed by atoms with E-state index >= 15 is 0 Å². The lowest BCUT2D eigenvalue weighted by atomic mass is 9.83. The monoisotopic (exact) mass is 371 g/mol. The average Bonchev–Trinajstić information content (AvgIpc) is 3.20. The highest BCUT2D eigenvalue weighted by Crippen LogP contribution is 2.42. The molecule has 0 fully saturated rings. The predicted octanol–water partition coefficient (Wildman–Crippen LogP) is 4.48. The summed E-state index contributed by atoms with van der Waals surface area (Å²) >= 11 is 0. The van der Waals surface area contributed by atoms with E-state index in [1.165, 1.54) is 16.7 Å². The number of ether oxygens (including phenoxy) is 1. The zero-order valence-electron chi connectivity index (χ0n) is 15.9. The van der Waals surface area contributed by atoms with Crippen LogP contribution < -0.4 is 4.74 Å². The van der Waals surface area contributed by atoms with Crippen LogP contribution in [-0.4, -0.2) is 35.6 Å². The maximum Gasteiger partial charge on any atom is 0.162 e. The first-order valence-corrected chi connectivity index (χ1v) is 9.37. The highest BCUT2D eigenvalue weighted by molar-refractivity contribution is 5.78. The smallest absolute Gasteiger partial charge is 0.162 e. The maximum atomic E-state index is 5.86. The van der Waals surface area contributed by atoms with Gasteiger partial charge in [0.15, 0.2) is 5.82 Å². The normalized spacial score (nSPS) is 16.9. The lowest BCUT2D eigenvalue weighted by Gasteiger charge is -2.34. The van der Waals surface area contributed by atoms with Gasteiger partial charge in [0.2, 0.25) is 0 Å². The van der Waals surface area contributed by atoms with Crippen LogP contribution in [-0.2, 0) is 6.54 Å². The second-order valence-corrected chi connectivity index (χ2v) is 7.25. The molecule has 5 heteroatoms. The van der Waals surface area contributed by atoms with Crippen molar-refractivity contribution in [3.63, 3.8) is 0 Å². The zero-order chi connectivity index (χ0) is 19.1. The number of aromatic nitrogens is 2. The molecule has 1 atom stereocenters. The summed E-state index contributed by atoms with van der Waals surface area (Å²) in [5, 5.41) is 1.13. The molecule has 5 nitrogen and oxygen atoms in total. The summed E-state index contributed by atoms with van der Waals surface area (Å²) in [6.45, 7) is 1.78. The molecule has 0 bridgehead atoms. The van der Waals surface area contributed by atoms with E-state index in [9.17, 15) is 0 Å². The van der Waals surface area contributed by atoms with Gasteiger partial charge in [-0.15, -0.1) is 0 Å². The van der Waals surface area contributed by atoms with E-state index in [4.69, 9.17) is 9.15 Å². The van der Waals surface area contributed by atoms with Crippen LogP contribution in [0.5, 0.6) is 5.75 Å². The minimum absolute atomic E-state index is 0.253. The summed E-state index contributed by atoms with van der Waals surface area (Å²) in [5.74, 6) is 1.80. The van der Waals surface area contributed by atoms with Gasteiger partial charge in [0.05, 0.1) is 18.9 Å². The number of rotatable bonds is 3. The second kappa shape index (κ2) is 6.77. The first-order chi connectivity index (χ1) is 13.7. The lowest BCUT2D eigenvalue weighted by molar-refractivity contribution is 0.286. The molecule has 0 amide bonds. The number of fused-ring (bicyclic) bond motifs is 2. The third-order valence-electron chi connectivity index (χ3n) is 5.49. The Morgan fingerprint density at radius 3 is 2.79 bits per heavy atom. The van der Waals surface area contributed by atoms with E-state index in [0.717, 1.165) is 35.4 Å². The van der Waals surface area contributed by atoms with Gasteiger partial charge >= 0.3 is 0 Å². The number of hydrogen-bond acceptors (Lipinski definition) is 5. The van der Waals surface area contributed by atoms with Crippen molar-refractivity contribution in [2.75, 3.05) is 20.7 Å². The van der Waals surface area contributed by atoms with E-state index in [0.29, 0.717) is 5.82 Å². The Hall–Kier alpha value is -3.18. The molecule has 0 radical (unpaired) electrons. The molecule has 5 rings (SSSR count). The van der Waals surface area contributed by atoms with E-state index < -0.39 is 0 Å². The summed E-state index contributed by atoms with van der Waals surface area (Å²) in [6, 6.07) is 14.6. The SMILES string of the molecule is COc1c(-c2ncccn2)ccc2c1CN(C)CC2c1ccc2ccoc2c1. The highest BCUT2D eigenvalue weighted by atomic mass is 16.5. The fraction of sp³-hybridized carbons (Fsp3) is 0.217. The second-order valence-electron chi connectivity index (χ2n) is 7.25. The predicted molar refractivity (Wildman–Crippen MR) is 108 cm³/mol. The largest absolute Gasteiger partial charge is 0.496 e. The van der Waals surface area contributed by atoms with E-state index in [1.54, 1.807) is 25.8 Å². The fourth-order valence-electron chi connectivity index (χ4n) is 4.20. The molecular weight excluding hydrogens is 350 g/mol. The van der Waals surface area contributed by atoms with Crippen LogP contribution in [0.4, 0.5) is 0 Å². The first kappa shape index (κ1) is 17.0. The third kappa shape index (κ3) is 2.75. The van der Waals surface area contributed by atoms with Crippen LogP contribution in [0.1, 0.15) is 22.6 Å². The van der Waals surface area contributed by atoms with Crippen molar-refractivity contribution in [3.05, 3.63) is 77.8 Å². The molecule has 1 aliphatic rings. The molecular formula is C23H21N3O2. The molecule has 140 valence electrons. The van der Waals surface area contributed by atoms with E-state index in [2.05, 4.69) is 52.2 Å². The van der Waals surface area contributed by atoms with Crippen LogP contribution in [0.2, 0.25) is 0 Å². The Morgan fingerprint density at radius 2 is 1.96 bits per heavy atom. The topological polar surface area (TPSA) is 51.4 Å². The van der Waals surface area contributed by atoms with Crippen molar-refractivity contribution >= 4 is 11.0 Å². The molecule has 1 unspecified atom stereocenters. The lowest BCUT2D eigenvalue weighted by Crippen LogP contribution is -2.31. The number of furan rings is 1.